The second-order valence-corrected chi connectivity index (χ2v) is 5.25. The number of methoxy groups -OCH3 is 1. The van der Waals surface area contributed by atoms with E-state index in [1.54, 1.807) is 7.11 Å². The molecule has 0 aliphatic carbocycles. The van der Waals surface area contributed by atoms with Gasteiger partial charge in [-0.15, -0.1) is 0 Å². The van der Waals surface area contributed by atoms with Crippen molar-refractivity contribution in [2.24, 2.45) is 0 Å². The molecule has 0 unspecified atom stereocenters. The summed E-state index contributed by atoms with van der Waals surface area (Å²) in [6.07, 6.45) is 1.14. The molecule has 114 valence electrons. The minimum atomic E-state index is 0.703. The Morgan fingerprint density at radius 2 is 2.10 bits per heavy atom. The van der Waals surface area contributed by atoms with Crippen molar-refractivity contribution in [2.45, 2.75) is 19.9 Å². The van der Waals surface area contributed by atoms with Crippen molar-refractivity contribution in [3.63, 3.8) is 0 Å². The molecule has 1 heterocycles. The van der Waals surface area contributed by atoms with Crippen molar-refractivity contribution in [1.29, 1.82) is 0 Å². The van der Waals surface area contributed by atoms with Crippen LogP contribution in [0, 0.1) is 0 Å². The molecule has 0 aliphatic heterocycles. The number of pyridine rings is 1. The summed E-state index contributed by atoms with van der Waals surface area (Å²) in [5, 5.41) is 4.71. The van der Waals surface area contributed by atoms with Gasteiger partial charge in [0.25, 0.3) is 0 Å². The number of aromatic nitrogens is 1. The number of fused-ring (bicyclic) bond motifs is 1. The number of nitrogens with zero attached hydrogens (tertiary/aromatic N) is 2. The maximum Gasteiger partial charge on any atom is 0.129 e. The number of rotatable bonds is 8. The largest absolute Gasteiger partial charge is 0.383 e. The first-order chi connectivity index (χ1) is 10.3. The highest BCUT2D eigenvalue weighted by atomic mass is 16.5. The van der Waals surface area contributed by atoms with Crippen LogP contribution in [-0.2, 0) is 11.3 Å². The van der Waals surface area contributed by atoms with Crippen LogP contribution in [0.4, 0.5) is 5.82 Å². The Bertz CT molecular complexity index is 571. The van der Waals surface area contributed by atoms with E-state index in [1.165, 1.54) is 10.9 Å². The van der Waals surface area contributed by atoms with Gasteiger partial charge in [0, 0.05) is 32.6 Å². The molecular weight excluding hydrogens is 262 g/mol. The molecule has 1 aromatic heterocycles. The highest BCUT2D eigenvalue weighted by Gasteiger charge is 2.08. The molecule has 0 saturated heterocycles. The average Bonchev–Trinajstić information content (AvgIpc) is 2.52. The van der Waals surface area contributed by atoms with E-state index in [2.05, 4.69) is 48.5 Å². The van der Waals surface area contributed by atoms with Crippen LogP contribution in [0.15, 0.2) is 30.3 Å². The van der Waals surface area contributed by atoms with E-state index in [0.717, 1.165) is 37.4 Å². The number of benzene rings is 1. The molecule has 0 bridgehead atoms. The second kappa shape index (κ2) is 7.96. The van der Waals surface area contributed by atoms with Crippen LogP contribution < -0.4 is 10.2 Å². The van der Waals surface area contributed by atoms with Crippen LogP contribution >= 0.6 is 0 Å². The van der Waals surface area contributed by atoms with E-state index in [1.807, 2.05) is 6.07 Å². The van der Waals surface area contributed by atoms with Crippen LogP contribution in [0.2, 0.25) is 0 Å². The third-order valence-electron chi connectivity index (χ3n) is 3.55. The Balaban J connectivity index is 2.29. The van der Waals surface area contributed by atoms with Gasteiger partial charge in [-0.3, -0.25) is 0 Å². The number of anilines is 1. The van der Waals surface area contributed by atoms with E-state index in [-0.39, 0.29) is 0 Å². The molecule has 0 radical (unpaired) electrons. The van der Waals surface area contributed by atoms with Gasteiger partial charge in [0.05, 0.1) is 12.1 Å². The average molecular weight is 287 g/mol. The molecule has 0 fully saturated rings. The topological polar surface area (TPSA) is 37.4 Å². The van der Waals surface area contributed by atoms with Gasteiger partial charge in [-0.1, -0.05) is 25.1 Å². The number of likely N-dealkylation sites (N-methyl/N-ethyl adjacent to an activating group) is 1. The van der Waals surface area contributed by atoms with Gasteiger partial charge in [0.2, 0.25) is 0 Å². The third-order valence-corrected chi connectivity index (χ3v) is 3.55. The summed E-state index contributed by atoms with van der Waals surface area (Å²) in [5.41, 5.74) is 2.35. The first-order valence-electron chi connectivity index (χ1n) is 7.55. The number of nitrogens with one attached hydrogen (secondary N) is 1. The molecule has 4 nitrogen and oxygen atoms in total. The maximum absolute atomic E-state index is 5.15. The standard InChI is InChI=1S/C17H25N3O/c1-4-9-18-13-14-12-17(20(2)10-11-21-3)19-16-8-6-5-7-15(14)16/h5-8,12,18H,4,9-11,13H2,1-3H3. The van der Waals surface area contributed by atoms with Gasteiger partial charge >= 0.3 is 0 Å². The van der Waals surface area contributed by atoms with Crippen molar-refractivity contribution in [3.05, 3.63) is 35.9 Å². The molecule has 0 amide bonds. The normalized spacial score (nSPS) is 11.0. The highest BCUT2D eigenvalue weighted by Crippen LogP contribution is 2.22. The van der Waals surface area contributed by atoms with E-state index in [4.69, 9.17) is 9.72 Å². The fourth-order valence-electron chi connectivity index (χ4n) is 2.32. The van der Waals surface area contributed by atoms with Crippen LogP contribution in [0.1, 0.15) is 18.9 Å². The smallest absolute Gasteiger partial charge is 0.129 e. The third kappa shape index (κ3) is 4.16. The van der Waals surface area contributed by atoms with Crippen LogP contribution in [0.25, 0.3) is 10.9 Å². The zero-order valence-electron chi connectivity index (χ0n) is 13.2. The van der Waals surface area contributed by atoms with Crippen molar-refractivity contribution < 1.29 is 4.74 Å². The van der Waals surface area contributed by atoms with E-state index in [9.17, 15) is 0 Å². The second-order valence-electron chi connectivity index (χ2n) is 5.25. The molecule has 0 spiro atoms. The minimum Gasteiger partial charge on any atom is -0.383 e. The zero-order valence-corrected chi connectivity index (χ0v) is 13.2. The first kappa shape index (κ1) is 15.7. The van der Waals surface area contributed by atoms with Crippen molar-refractivity contribution in [1.82, 2.24) is 10.3 Å². The Hall–Kier alpha value is -1.65. The molecule has 2 rings (SSSR count). The van der Waals surface area contributed by atoms with Crippen LogP contribution in [0.5, 0.6) is 0 Å². The van der Waals surface area contributed by atoms with Gasteiger partial charge in [-0.25, -0.2) is 4.98 Å². The summed E-state index contributed by atoms with van der Waals surface area (Å²) in [6, 6.07) is 10.5. The lowest BCUT2D eigenvalue weighted by Gasteiger charge is -2.19. The van der Waals surface area contributed by atoms with Crippen LogP contribution in [0.3, 0.4) is 0 Å². The summed E-state index contributed by atoms with van der Waals surface area (Å²) in [6.45, 7) is 5.63. The van der Waals surface area contributed by atoms with Gasteiger partial charge < -0.3 is 15.0 Å². The Morgan fingerprint density at radius 3 is 2.86 bits per heavy atom. The molecule has 2 aromatic rings. The summed E-state index contributed by atoms with van der Waals surface area (Å²) in [4.78, 5) is 6.90. The summed E-state index contributed by atoms with van der Waals surface area (Å²) < 4.78 is 5.15. The molecule has 0 saturated carbocycles. The van der Waals surface area contributed by atoms with Crippen molar-refractivity contribution in [2.75, 3.05) is 38.8 Å². The quantitative estimate of drug-likeness (QED) is 0.758. The van der Waals surface area contributed by atoms with E-state index >= 15 is 0 Å². The van der Waals surface area contributed by atoms with Gasteiger partial charge in [-0.05, 0) is 30.7 Å². The lowest BCUT2D eigenvalue weighted by atomic mass is 10.1. The predicted octanol–water partition coefficient (Wildman–Crippen LogP) is 2.82. The summed E-state index contributed by atoms with van der Waals surface area (Å²) >= 11 is 0. The molecule has 0 aliphatic rings. The van der Waals surface area contributed by atoms with Gasteiger partial charge in [0.15, 0.2) is 0 Å². The Kier molecular flexibility index (Phi) is 5.96. The highest BCUT2D eigenvalue weighted by molar-refractivity contribution is 5.84. The Morgan fingerprint density at radius 1 is 1.29 bits per heavy atom. The minimum absolute atomic E-state index is 0.703. The lowest BCUT2D eigenvalue weighted by Crippen LogP contribution is -2.23. The predicted molar refractivity (Wildman–Crippen MR) is 88.9 cm³/mol. The molecular formula is C17H25N3O. The zero-order chi connectivity index (χ0) is 15.1. The van der Waals surface area contributed by atoms with Crippen LogP contribution in [-0.4, -0.2) is 38.8 Å². The number of hydrogen-bond acceptors (Lipinski definition) is 4. The van der Waals surface area contributed by atoms with E-state index < -0.39 is 0 Å². The Labute approximate surface area is 127 Å². The number of hydrogen-bond donors (Lipinski definition) is 1. The molecule has 1 aromatic carbocycles. The molecule has 0 atom stereocenters. The maximum atomic E-state index is 5.15. The van der Waals surface area contributed by atoms with Crippen molar-refractivity contribution in [3.8, 4) is 0 Å². The van der Waals surface area contributed by atoms with Gasteiger partial charge in [-0.2, -0.15) is 0 Å². The lowest BCUT2D eigenvalue weighted by molar-refractivity contribution is 0.206. The van der Waals surface area contributed by atoms with E-state index in [0.29, 0.717) is 6.61 Å². The van der Waals surface area contributed by atoms with Gasteiger partial charge in [0.1, 0.15) is 5.82 Å². The first-order valence-corrected chi connectivity index (χ1v) is 7.55. The SMILES string of the molecule is CCCNCc1cc(N(C)CCOC)nc2ccccc12. The monoisotopic (exact) mass is 287 g/mol. The summed E-state index contributed by atoms with van der Waals surface area (Å²) in [7, 11) is 3.78. The number of para-hydroxylation sites is 1. The molecule has 4 heteroatoms. The molecule has 21 heavy (non-hydrogen) atoms. The van der Waals surface area contributed by atoms with Crippen molar-refractivity contribution >= 4 is 16.7 Å². The molecule has 1 N–H and O–H groups in total. The number of ether oxygens (including phenoxy) is 1. The summed E-state index contributed by atoms with van der Waals surface area (Å²) in [5.74, 6) is 0.999. The fraction of sp³-hybridized carbons (Fsp3) is 0.471. The fourth-order valence-corrected chi connectivity index (χ4v) is 2.32.